The second kappa shape index (κ2) is 5.59. The van der Waals surface area contributed by atoms with E-state index in [0.717, 1.165) is 12.8 Å². The smallest absolute Gasteiger partial charge is 0.0414 e. The molecule has 2 nitrogen and oxygen atoms in total. The summed E-state index contributed by atoms with van der Waals surface area (Å²) in [6.45, 7) is 2.04. The number of rotatable bonds is 5. The van der Waals surface area contributed by atoms with Gasteiger partial charge < -0.3 is 9.90 Å². The maximum absolute atomic E-state index is 9.93. The third-order valence-electron chi connectivity index (χ3n) is 1.39. The highest BCUT2D eigenvalue weighted by molar-refractivity contribution is 7.80. The molecule has 0 aromatic rings. The van der Waals surface area contributed by atoms with E-state index in [2.05, 4.69) is 12.6 Å². The largest absolute Gasteiger partial charge is 0.550 e. The lowest BCUT2D eigenvalue weighted by molar-refractivity contribution is -0.305. The van der Waals surface area contributed by atoms with Gasteiger partial charge in [-0.1, -0.05) is 6.92 Å². The van der Waals surface area contributed by atoms with Crippen molar-refractivity contribution in [2.45, 2.75) is 37.9 Å². The summed E-state index contributed by atoms with van der Waals surface area (Å²) in [5, 5.41) is 10.3. The van der Waals surface area contributed by atoms with Crippen LogP contribution < -0.4 is 5.11 Å². The van der Waals surface area contributed by atoms with Crippen molar-refractivity contribution >= 4 is 18.6 Å². The zero-order chi connectivity index (χ0) is 7.98. The van der Waals surface area contributed by atoms with Crippen molar-refractivity contribution in [2.75, 3.05) is 0 Å². The molecule has 0 amide bonds. The van der Waals surface area contributed by atoms with Crippen molar-refractivity contribution in [1.29, 1.82) is 0 Å². The fourth-order valence-electron chi connectivity index (χ4n) is 0.686. The van der Waals surface area contributed by atoms with Crippen LogP contribution in [-0.2, 0) is 4.79 Å². The van der Waals surface area contributed by atoms with Gasteiger partial charge in [-0.05, 0) is 25.7 Å². The molecule has 0 aliphatic carbocycles. The van der Waals surface area contributed by atoms with Gasteiger partial charge in [-0.15, -0.1) is 0 Å². The Hall–Kier alpha value is -0.180. The summed E-state index contributed by atoms with van der Waals surface area (Å²) in [6.07, 6.45) is 2.71. The first kappa shape index (κ1) is 9.82. The van der Waals surface area contributed by atoms with Gasteiger partial charge in [0, 0.05) is 11.2 Å². The molecule has 0 N–H and O–H groups in total. The average Bonchev–Trinajstić information content (AvgIpc) is 1.87. The predicted molar refractivity (Wildman–Crippen MR) is 41.9 cm³/mol. The van der Waals surface area contributed by atoms with Gasteiger partial charge in [0.2, 0.25) is 0 Å². The summed E-state index contributed by atoms with van der Waals surface area (Å²) in [4.78, 5) is 9.93. The molecule has 0 rings (SSSR count). The standard InChI is InChI=1S/C7H14O2S/c1-2-6(10)4-3-5-7(8)9/h6,10H,2-5H2,1H3,(H,8,9)/p-1. The Labute approximate surface area is 67.0 Å². The van der Waals surface area contributed by atoms with Crippen LogP contribution in [0.25, 0.3) is 0 Å². The summed E-state index contributed by atoms with van der Waals surface area (Å²) < 4.78 is 0. The monoisotopic (exact) mass is 161 g/mol. The van der Waals surface area contributed by atoms with E-state index < -0.39 is 5.97 Å². The Morgan fingerprint density at radius 1 is 1.70 bits per heavy atom. The fraction of sp³-hybridized carbons (Fsp3) is 0.857. The molecule has 1 atom stereocenters. The Balaban J connectivity index is 3.11. The van der Waals surface area contributed by atoms with Crippen LogP contribution in [0.15, 0.2) is 0 Å². The SMILES string of the molecule is CCC(S)CCCC(=O)[O-]. The Bertz CT molecular complexity index is 104. The van der Waals surface area contributed by atoms with Crippen LogP contribution in [0.2, 0.25) is 0 Å². The van der Waals surface area contributed by atoms with E-state index in [-0.39, 0.29) is 6.42 Å². The molecule has 10 heavy (non-hydrogen) atoms. The number of hydrogen-bond donors (Lipinski definition) is 1. The molecule has 0 aliphatic rings. The maximum atomic E-state index is 9.93. The molecular formula is C7H13O2S-. The number of thiol groups is 1. The molecule has 1 unspecified atom stereocenters. The van der Waals surface area contributed by atoms with Gasteiger partial charge in [0.15, 0.2) is 0 Å². The first-order valence-corrected chi connectivity index (χ1v) is 4.06. The second-order valence-corrected chi connectivity index (χ2v) is 3.06. The lowest BCUT2D eigenvalue weighted by atomic mass is 10.1. The molecule has 0 saturated carbocycles. The first-order valence-electron chi connectivity index (χ1n) is 3.54. The lowest BCUT2D eigenvalue weighted by Crippen LogP contribution is -2.21. The van der Waals surface area contributed by atoms with Gasteiger partial charge >= 0.3 is 0 Å². The van der Waals surface area contributed by atoms with Crippen molar-refractivity contribution in [3.05, 3.63) is 0 Å². The van der Waals surface area contributed by atoms with Crippen molar-refractivity contribution in [1.82, 2.24) is 0 Å². The minimum atomic E-state index is -0.961. The van der Waals surface area contributed by atoms with E-state index in [4.69, 9.17) is 0 Å². The molecule has 3 heteroatoms. The van der Waals surface area contributed by atoms with Gasteiger partial charge in [0.25, 0.3) is 0 Å². The molecule has 0 spiro atoms. The molecule has 0 heterocycles. The molecule has 0 aromatic carbocycles. The molecular weight excluding hydrogens is 148 g/mol. The maximum Gasteiger partial charge on any atom is 0.0414 e. The minimum absolute atomic E-state index is 0.164. The highest BCUT2D eigenvalue weighted by Crippen LogP contribution is 2.09. The van der Waals surface area contributed by atoms with Gasteiger partial charge in [0.1, 0.15) is 0 Å². The molecule has 60 valence electrons. The third kappa shape index (κ3) is 5.95. The van der Waals surface area contributed by atoms with Crippen molar-refractivity contribution < 1.29 is 9.90 Å². The number of carboxylic acid groups (broad SMARTS) is 1. The van der Waals surface area contributed by atoms with E-state index >= 15 is 0 Å². The fourth-order valence-corrected chi connectivity index (χ4v) is 0.869. The van der Waals surface area contributed by atoms with Crippen LogP contribution in [-0.4, -0.2) is 11.2 Å². The van der Waals surface area contributed by atoms with Gasteiger partial charge in [0.05, 0.1) is 0 Å². The number of aliphatic carboxylic acids is 1. The zero-order valence-electron chi connectivity index (χ0n) is 6.17. The van der Waals surface area contributed by atoms with E-state index in [1.54, 1.807) is 0 Å². The van der Waals surface area contributed by atoms with E-state index in [1.807, 2.05) is 6.92 Å². The molecule has 0 aliphatic heterocycles. The van der Waals surface area contributed by atoms with E-state index in [9.17, 15) is 9.90 Å². The molecule has 0 saturated heterocycles. The van der Waals surface area contributed by atoms with Crippen molar-refractivity contribution in [2.24, 2.45) is 0 Å². The number of carbonyl (C=O) groups is 1. The predicted octanol–water partition coefficient (Wildman–Crippen LogP) is 0.615. The van der Waals surface area contributed by atoms with Crippen molar-refractivity contribution in [3.63, 3.8) is 0 Å². The Kier molecular flexibility index (Phi) is 5.49. The van der Waals surface area contributed by atoms with Crippen LogP contribution in [0, 0.1) is 0 Å². The van der Waals surface area contributed by atoms with Gasteiger partial charge in [-0.25, -0.2) is 0 Å². The quantitative estimate of drug-likeness (QED) is 0.600. The summed E-state index contributed by atoms with van der Waals surface area (Å²) >= 11 is 4.22. The summed E-state index contributed by atoms with van der Waals surface area (Å²) in [6, 6.07) is 0. The third-order valence-corrected chi connectivity index (χ3v) is 2.01. The van der Waals surface area contributed by atoms with E-state index in [1.165, 1.54) is 0 Å². The van der Waals surface area contributed by atoms with Crippen LogP contribution >= 0.6 is 12.6 Å². The number of carbonyl (C=O) groups excluding carboxylic acids is 1. The van der Waals surface area contributed by atoms with Crippen molar-refractivity contribution in [3.8, 4) is 0 Å². The van der Waals surface area contributed by atoms with Gasteiger partial charge in [-0.2, -0.15) is 12.6 Å². The molecule has 0 aromatic heterocycles. The normalized spacial score (nSPS) is 13.0. The Morgan fingerprint density at radius 2 is 2.30 bits per heavy atom. The van der Waals surface area contributed by atoms with Crippen LogP contribution in [0.5, 0.6) is 0 Å². The van der Waals surface area contributed by atoms with E-state index in [0.29, 0.717) is 11.7 Å². The second-order valence-electron chi connectivity index (χ2n) is 2.33. The number of hydrogen-bond acceptors (Lipinski definition) is 3. The summed E-state index contributed by atoms with van der Waals surface area (Å²) in [5.74, 6) is -0.961. The highest BCUT2D eigenvalue weighted by Gasteiger charge is 1.97. The van der Waals surface area contributed by atoms with Crippen LogP contribution in [0.1, 0.15) is 32.6 Å². The molecule has 0 bridgehead atoms. The molecule has 0 fully saturated rings. The van der Waals surface area contributed by atoms with Crippen LogP contribution in [0.3, 0.4) is 0 Å². The molecule has 0 radical (unpaired) electrons. The average molecular weight is 161 g/mol. The zero-order valence-corrected chi connectivity index (χ0v) is 7.06. The summed E-state index contributed by atoms with van der Waals surface area (Å²) in [5.41, 5.74) is 0. The highest BCUT2D eigenvalue weighted by atomic mass is 32.1. The Morgan fingerprint density at radius 3 is 2.70 bits per heavy atom. The van der Waals surface area contributed by atoms with Gasteiger partial charge in [-0.3, -0.25) is 0 Å². The lowest BCUT2D eigenvalue weighted by Gasteiger charge is -2.06. The van der Waals surface area contributed by atoms with Crippen LogP contribution in [0.4, 0.5) is 0 Å². The minimum Gasteiger partial charge on any atom is -0.550 e. The topological polar surface area (TPSA) is 40.1 Å². The number of carboxylic acids is 1. The first-order chi connectivity index (χ1) is 4.66. The summed E-state index contributed by atoms with van der Waals surface area (Å²) in [7, 11) is 0.